The summed E-state index contributed by atoms with van der Waals surface area (Å²) >= 11 is 0. The van der Waals surface area contributed by atoms with E-state index in [1.165, 1.54) is 6.07 Å². The monoisotopic (exact) mass is 253 g/mol. The summed E-state index contributed by atoms with van der Waals surface area (Å²) in [6.07, 6.45) is 0.887. The van der Waals surface area contributed by atoms with Crippen LogP contribution < -0.4 is 0 Å². The molecule has 0 amide bonds. The van der Waals surface area contributed by atoms with Crippen molar-refractivity contribution in [1.82, 2.24) is 4.90 Å². The maximum Gasteiger partial charge on any atom is 0.325 e. The van der Waals surface area contributed by atoms with Crippen molar-refractivity contribution in [3.05, 3.63) is 35.1 Å². The fourth-order valence-electron chi connectivity index (χ4n) is 2.10. The summed E-state index contributed by atoms with van der Waals surface area (Å²) in [5, 5.41) is 9.38. The van der Waals surface area contributed by atoms with Crippen LogP contribution in [0.1, 0.15) is 37.4 Å². The average Bonchev–Trinajstić information content (AvgIpc) is 2.32. The molecule has 0 aliphatic carbocycles. The van der Waals surface area contributed by atoms with E-state index in [1.807, 2.05) is 18.7 Å². The van der Waals surface area contributed by atoms with Crippen LogP contribution >= 0.6 is 0 Å². The molecule has 1 atom stereocenters. The van der Waals surface area contributed by atoms with Crippen LogP contribution in [0.3, 0.4) is 0 Å². The molecule has 0 radical (unpaired) electrons. The van der Waals surface area contributed by atoms with Crippen LogP contribution in [-0.2, 0) is 4.79 Å². The first-order chi connectivity index (χ1) is 8.51. The van der Waals surface area contributed by atoms with E-state index in [4.69, 9.17) is 0 Å². The van der Waals surface area contributed by atoms with Gasteiger partial charge in [-0.3, -0.25) is 9.69 Å². The van der Waals surface area contributed by atoms with Gasteiger partial charge in [-0.2, -0.15) is 0 Å². The molecule has 3 nitrogen and oxygen atoms in total. The maximum atomic E-state index is 13.2. The smallest absolute Gasteiger partial charge is 0.325 e. The quantitative estimate of drug-likeness (QED) is 0.847. The lowest BCUT2D eigenvalue weighted by atomic mass is 10.0. The highest BCUT2D eigenvalue weighted by molar-refractivity contribution is 5.75. The molecule has 18 heavy (non-hydrogen) atoms. The Bertz CT molecular complexity index is 420. The first kappa shape index (κ1) is 14.6. The number of carbonyl (C=O) groups is 1. The largest absolute Gasteiger partial charge is 0.480 e. The van der Waals surface area contributed by atoms with E-state index in [1.54, 1.807) is 19.1 Å². The first-order valence-electron chi connectivity index (χ1n) is 6.24. The van der Waals surface area contributed by atoms with E-state index in [0.29, 0.717) is 24.2 Å². The van der Waals surface area contributed by atoms with E-state index in [9.17, 15) is 14.3 Å². The van der Waals surface area contributed by atoms with Gasteiger partial charge in [0.2, 0.25) is 0 Å². The number of halogens is 1. The summed E-state index contributed by atoms with van der Waals surface area (Å²) in [7, 11) is 0. The molecule has 1 aromatic carbocycles. The Morgan fingerprint density at radius 1 is 1.44 bits per heavy atom. The number of benzene rings is 1. The number of carboxylic acids is 1. The Labute approximate surface area is 107 Å². The molecule has 0 aromatic heterocycles. The first-order valence-corrected chi connectivity index (χ1v) is 6.24. The minimum absolute atomic E-state index is 0.304. The lowest BCUT2D eigenvalue weighted by Gasteiger charge is -2.27. The molecule has 1 N–H and O–H groups in total. The predicted molar refractivity (Wildman–Crippen MR) is 69.1 cm³/mol. The molecule has 0 spiro atoms. The second-order valence-corrected chi connectivity index (χ2v) is 4.38. The zero-order chi connectivity index (χ0) is 13.7. The molecule has 0 unspecified atom stereocenters. The number of hydrogen-bond acceptors (Lipinski definition) is 2. The van der Waals surface area contributed by atoms with E-state index in [0.717, 1.165) is 6.42 Å². The van der Waals surface area contributed by atoms with Gasteiger partial charge in [-0.05, 0) is 43.6 Å². The molecule has 0 bridgehead atoms. The van der Waals surface area contributed by atoms with Gasteiger partial charge in [0.05, 0.1) is 0 Å². The van der Waals surface area contributed by atoms with Gasteiger partial charge in [0, 0.05) is 0 Å². The summed E-state index contributed by atoms with van der Waals surface area (Å²) in [5.41, 5.74) is 1.11. The van der Waals surface area contributed by atoms with Crippen LogP contribution in [0.25, 0.3) is 0 Å². The molecular formula is C14H20FNO2. The highest BCUT2D eigenvalue weighted by atomic mass is 19.1. The second-order valence-electron chi connectivity index (χ2n) is 4.38. The van der Waals surface area contributed by atoms with Crippen LogP contribution in [0, 0.1) is 12.7 Å². The third-order valence-electron chi connectivity index (χ3n) is 3.01. The van der Waals surface area contributed by atoms with Crippen molar-refractivity contribution in [3.8, 4) is 0 Å². The zero-order valence-electron chi connectivity index (χ0n) is 11.1. The van der Waals surface area contributed by atoms with Gasteiger partial charge in [-0.25, -0.2) is 4.39 Å². The van der Waals surface area contributed by atoms with Gasteiger partial charge in [-0.15, -0.1) is 0 Å². The highest BCUT2D eigenvalue weighted by Crippen LogP contribution is 2.23. The van der Waals surface area contributed by atoms with Crippen molar-refractivity contribution in [2.24, 2.45) is 0 Å². The molecule has 1 rings (SSSR count). The summed E-state index contributed by atoms with van der Waals surface area (Å²) in [6.45, 7) is 6.96. The Hall–Kier alpha value is -1.42. The molecule has 0 aliphatic heterocycles. The van der Waals surface area contributed by atoms with Crippen molar-refractivity contribution in [1.29, 1.82) is 0 Å². The van der Waals surface area contributed by atoms with Crippen molar-refractivity contribution >= 4 is 5.97 Å². The summed E-state index contributed by atoms with van der Waals surface area (Å²) in [4.78, 5) is 13.3. The van der Waals surface area contributed by atoms with E-state index in [-0.39, 0.29) is 5.82 Å². The standard InChI is InChI=1S/C14H20FNO2/c1-4-8-16(5-2)13(14(17)18)11-6-7-12(15)10(3)9-11/h6-7,9,13H,4-5,8H2,1-3H3,(H,17,18)/t13-/m0/s1. The number of likely N-dealkylation sites (N-methyl/N-ethyl adjacent to an activating group) is 1. The lowest BCUT2D eigenvalue weighted by Crippen LogP contribution is -2.34. The zero-order valence-corrected chi connectivity index (χ0v) is 11.1. The van der Waals surface area contributed by atoms with Gasteiger partial charge in [0.15, 0.2) is 0 Å². The molecule has 0 aliphatic rings. The lowest BCUT2D eigenvalue weighted by molar-refractivity contribution is -0.143. The van der Waals surface area contributed by atoms with Gasteiger partial charge >= 0.3 is 5.97 Å². The molecule has 0 heterocycles. The molecular weight excluding hydrogens is 233 g/mol. The minimum Gasteiger partial charge on any atom is -0.480 e. The molecule has 100 valence electrons. The third-order valence-corrected chi connectivity index (χ3v) is 3.01. The van der Waals surface area contributed by atoms with E-state index < -0.39 is 12.0 Å². The minimum atomic E-state index is -0.892. The Morgan fingerprint density at radius 2 is 2.11 bits per heavy atom. The number of hydrogen-bond donors (Lipinski definition) is 1. The second kappa shape index (κ2) is 6.50. The molecule has 0 saturated heterocycles. The fraction of sp³-hybridized carbons (Fsp3) is 0.500. The normalized spacial score (nSPS) is 12.7. The van der Waals surface area contributed by atoms with Gasteiger partial charge in [0.1, 0.15) is 11.9 Å². The number of rotatable bonds is 6. The van der Waals surface area contributed by atoms with Gasteiger partial charge < -0.3 is 5.11 Å². The molecule has 0 saturated carbocycles. The highest BCUT2D eigenvalue weighted by Gasteiger charge is 2.26. The molecule has 0 fully saturated rings. The van der Waals surface area contributed by atoms with Crippen LogP contribution in [0.5, 0.6) is 0 Å². The summed E-state index contributed by atoms with van der Waals surface area (Å²) in [5.74, 6) is -1.20. The number of aliphatic carboxylic acids is 1. The Morgan fingerprint density at radius 3 is 2.56 bits per heavy atom. The molecule has 4 heteroatoms. The van der Waals surface area contributed by atoms with Crippen LogP contribution in [0.2, 0.25) is 0 Å². The van der Waals surface area contributed by atoms with Crippen LogP contribution in [0.15, 0.2) is 18.2 Å². The number of carboxylic acid groups (broad SMARTS) is 1. The predicted octanol–water partition coefficient (Wildman–Crippen LogP) is 2.99. The number of aryl methyl sites for hydroxylation is 1. The maximum absolute atomic E-state index is 13.2. The Balaban J connectivity index is 3.10. The van der Waals surface area contributed by atoms with E-state index >= 15 is 0 Å². The molecule has 1 aromatic rings. The fourth-order valence-corrected chi connectivity index (χ4v) is 2.10. The van der Waals surface area contributed by atoms with Gasteiger partial charge in [0.25, 0.3) is 0 Å². The average molecular weight is 253 g/mol. The van der Waals surface area contributed by atoms with Crippen molar-refractivity contribution in [3.63, 3.8) is 0 Å². The van der Waals surface area contributed by atoms with Crippen molar-refractivity contribution < 1.29 is 14.3 Å². The van der Waals surface area contributed by atoms with Crippen LogP contribution in [0.4, 0.5) is 4.39 Å². The SMILES string of the molecule is CCCN(CC)[C@H](C(=O)O)c1ccc(F)c(C)c1. The van der Waals surface area contributed by atoms with Crippen LogP contribution in [-0.4, -0.2) is 29.1 Å². The topological polar surface area (TPSA) is 40.5 Å². The van der Waals surface area contributed by atoms with Crippen molar-refractivity contribution in [2.45, 2.75) is 33.2 Å². The van der Waals surface area contributed by atoms with E-state index in [2.05, 4.69) is 0 Å². The Kier molecular flexibility index (Phi) is 5.28. The summed E-state index contributed by atoms with van der Waals surface area (Å²) in [6, 6.07) is 3.81. The summed E-state index contributed by atoms with van der Waals surface area (Å²) < 4.78 is 13.2. The van der Waals surface area contributed by atoms with Gasteiger partial charge in [-0.1, -0.05) is 26.0 Å². The third kappa shape index (κ3) is 3.29. The van der Waals surface area contributed by atoms with Crippen molar-refractivity contribution in [2.75, 3.05) is 13.1 Å². The number of nitrogens with zero attached hydrogens (tertiary/aromatic N) is 1.